The molecule has 31 nitrogen and oxygen atoms in total. The zero-order valence-electron chi connectivity index (χ0n) is 76.4. The number of hydrogen-bond acceptors (Lipinski definition) is 29. The maximum atomic E-state index is 13.2. The van der Waals surface area contributed by atoms with E-state index in [4.69, 9.17) is 0 Å². The molecule has 17 rings (SSSR count). The topological polar surface area (TPSA) is 521 Å². The van der Waals surface area contributed by atoms with Gasteiger partial charge in [-0.05, 0) is 315 Å². The molecule has 0 radical (unpaired) electrons. The van der Waals surface area contributed by atoms with E-state index in [9.17, 15) is 112 Å². The van der Waals surface area contributed by atoms with Gasteiger partial charge in [0.1, 0.15) is 0 Å². The highest BCUT2D eigenvalue weighted by atomic mass is 16.3. The van der Waals surface area contributed by atoms with Crippen molar-refractivity contribution in [3.63, 3.8) is 0 Å². The zero-order valence-corrected chi connectivity index (χ0v) is 76.4. The van der Waals surface area contributed by atoms with Gasteiger partial charge in [0, 0.05) is 102 Å². The minimum atomic E-state index is -0.267. The zero-order chi connectivity index (χ0) is 97.3. The molecule has 0 spiro atoms. The van der Waals surface area contributed by atoms with Crippen LogP contribution in [0.1, 0.15) is 137 Å². The molecule has 31 heteroatoms. The lowest BCUT2D eigenvalue weighted by molar-refractivity contribution is -0.127. The summed E-state index contributed by atoms with van der Waals surface area (Å²) in [6.45, 7) is 10.0. The number of nitrogens with one attached hydrogen (secondary N) is 6. The Labute approximate surface area is 795 Å². The summed E-state index contributed by atoms with van der Waals surface area (Å²) in [5, 5.41) is 210. The minimum Gasteiger partial charge on any atom is -0.504 e. The van der Waals surface area contributed by atoms with Gasteiger partial charge in [0.15, 0.2) is 115 Å². The number of carbonyl (C=O) groups is 2. The Morgan fingerprint density at radius 3 is 1.01 bits per heavy atom. The van der Waals surface area contributed by atoms with Gasteiger partial charge in [-0.25, -0.2) is 0 Å². The van der Waals surface area contributed by atoms with Crippen LogP contribution in [-0.2, 0) is 87.6 Å². The summed E-state index contributed by atoms with van der Waals surface area (Å²) in [5.74, 6) is -1.40. The van der Waals surface area contributed by atoms with Crippen molar-refractivity contribution in [2.24, 2.45) is 23.7 Å². The van der Waals surface area contributed by atoms with Gasteiger partial charge in [0.25, 0.3) is 0 Å². The summed E-state index contributed by atoms with van der Waals surface area (Å²) in [5.41, 5.74) is 11.5. The summed E-state index contributed by atoms with van der Waals surface area (Å²) in [4.78, 5) is 32.6. The molecule has 3 saturated heterocycles. The van der Waals surface area contributed by atoms with Crippen molar-refractivity contribution in [3.05, 3.63) is 273 Å². The lowest BCUT2D eigenvalue weighted by atomic mass is 9.73. The fourth-order valence-electron chi connectivity index (χ4n) is 19.1. The molecule has 3 heterocycles. The molecular weight excluding hydrogens is 1750 g/mol. The molecule has 0 aromatic heterocycles. The van der Waals surface area contributed by atoms with Gasteiger partial charge in [-0.1, -0.05) is 91.3 Å². The minimum absolute atomic E-state index is 0.0181. The van der Waals surface area contributed by atoms with Gasteiger partial charge < -0.3 is 134 Å². The van der Waals surface area contributed by atoms with Crippen molar-refractivity contribution >= 4 is 11.8 Å². The molecule has 6 aliphatic rings. The first kappa shape index (κ1) is 101. The molecule has 2 saturated carbocycles. The van der Waals surface area contributed by atoms with Crippen LogP contribution in [0.25, 0.3) is 0 Å². The number of phenols is 20. The van der Waals surface area contributed by atoms with Gasteiger partial charge >= 0.3 is 0 Å². The van der Waals surface area contributed by atoms with Gasteiger partial charge in [-0.2, -0.15) is 0 Å². The van der Waals surface area contributed by atoms with E-state index >= 15 is 0 Å². The monoisotopic (exact) mass is 1880 g/mol. The van der Waals surface area contributed by atoms with Crippen LogP contribution in [0.2, 0.25) is 0 Å². The first-order valence-corrected chi connectivity index (χ1v) is 46.7. The third kappa shape index (κ3) is 29.1. The highest BCUT2D eigenvalue weighted by Crippen LogP contribution is 2.41. The van der Waals surface area contributed by atoms with E-state index in [1.165, 1.54) is 116 Å². The van der Waals surface area contributed by atoms with Crippen LogP contribution in [0.4, 0.5) is 0 Å². The molecule has 5 fully saturated rings. The number of piperazine rings is 1. The van der Waals surface area contributed by atoms with Crippen LogP contribution in [0, 0.1) is 23.7 Å². The van der Waals surface area contributed by atoms with Crippen LogP contribution >= 0.6 is 0 Å². The Morgan fingerprint density at radius 2 is 0.628 bits per heavy atom. The van der Waals surface area contributed by atoms with Gasteiger partial charge in [0.05, 0.1) is 6.04 Å². The molecule has 2 amide bonds. The molecule has 11 aromatic carbocycles. The highest BCUT2D eigenvalue weighted by Gasteiger charge is 2.43. The molecule has 3 aliphatic heterocycles. The number of carbonyl (C=O) groups excluding carboxylic acids is 2. The van der Waals surface area contributed by atoms with Crippen molar-refractivity contribution < 1.29 is 112 Å². The number of hydrogen-bond donors (Lipinski definition) is 26. The van der Waals surface area contributed by atoms with Gasteiger partial charge in [-0.15, -0.1) is 0 Å². The molecule has 7 unspecified atom stereocenters. The molecule has 26 N–H and O–H groups in total. The lowest BCUT2D eigenvalue weighted by Gasteiger charge is -2.34. The number of nitrogens with zero attached hydrogens (tertiary/aromatic N) is 3. The number of aromatic hydroxyl groups is 20. The van der Waals surface area contributed by atoms with E-state index in [0.717, 1.165) is 147 Å². The van der Waals surface area contributed by atoms with E-state index in [2.05, 4.69) is 53.8 Å². The average Bonchev–Trinajstić information content (AvgIpc) is 1.67. The number of rotatable bonds is 29. The Hall–Kier alpha value is -13.9. The van der Waals surface area contributed by atoms with Crippen LogP contribution < -0.4 is 31.9 Å². The second kappa shape index (κ2) is 48.0. The third-order valence-corrected chi connectivity index (χ3v) is 26.6. The number of likely N-dealkylation sites (tertiary alicyclic amines) is 3. The Kier molecular flexibility index (Phi) is 35.2. The highest BCUT2D eigenvalue weighted by molar-refractivity contribution is 5.82. The molecule has 11 aromatic rings. The first-order valence-electron chi connectivity index (χ1n) is 46.7. The summed E-state index contributed by atoms with van der Waals surface area (Å²) >= 11 is 0. The molecule has 728 valence electrons. The Balaban J connectivity index is 0.000000145. The molecule has 7 atom stereocenters. The smallest absolute Gasteiger partial charge is 0.237 e. The standard InChI is InChI=1S/C26H27NO5.C22H30N2O4.C20H26N2O4.C19H22N2O5.C19H22N2O4/c28-22-7-5-16(12-24(22)30)9-10-27-26(32)21-15-19-4-2-1-3-18(19)14-20(21)11-17-6-8-23(29)25(31)13-17;25-19-6-4-17(9-21(19)27)13-23-11-15-2-1-3-16(8-15)12-24-14-18-5-7-20(26)22(28)10-18;23-17-7-1-13(9-19(17)25)11-21-15-3-5-16(6-4-15)22-12-14-2-8-18(24)20(26)10-14;22-15-5-3-12(8-17(15)24)10-20-19(26)14-2-1-7-21(14)11-13-4-6-16(23)18(25)9-13;22-16-3-1-12(5-18(16)24)8-20-10-15-7-14(20)11-21(15)9-13-2-4-17(23)19(25)6-13/h1-8,12-13,20-21,28-31H,9-11,14-15H2,(H,27,32);4-7,9-10,15-16,23-28H,1-3,8,11-14H2;1-2,7-10,15-16,21-26H,3-6,11-12H2;3-6,8-9,14,22-25H,1-2,7,10-11H2,(H,20,26);1-6,14-15,22-25H,7-11H2. The van der Waals surface area contributed by atoms with E-state index in [1.54, 1.807) is 66.7 Å². The fraction of sp³-hybridized carbons (Fsp3) is 0.358. The Bertz CT molecular complexity index is 5690. The largest absolute Gasteiger partial charge is 0.504 e. The average molecular weight is 1880 g/mol. The summed E-state index contributed by atoms with van der Waals surface area (Å²) in [6.07, 6.45) is 14.5. The second-order valence-corrected chi connectivity index (χ2v) is 36.7. The van der Waals surface area contributed by atoms with Crippen molar-refractivity contribution in [3.8, 4) is 115 Å². The van der Waals surface area contributed by atoms with Gasteiger partial charge in [-0.3, -0.25) is 24.3 Å². The van der Waals surface area contributed by atoms with E-state index in [0.29, 0.717) is 100 Å². The predicted octanol–water partition coefficient (Wildman–Crippen LogP) is 13.1. The van der Waals surface area contributed by atoms with Crippen molar-refractivity contribution in [1.29, 1.82) is 0 Å². The fourth-order valence-corrected chi connectivity index (χ4v) is 19.1. The summed E-state index contributed by atoms with van der Waals surface area (Å²) in [6, 6.07) is 58.0. The number of amides is 2. The third-order valence-electron chi connectivity index (χ3n) is 26.6. The number of fused-ring (bicyclic) bond motifs is 3. The predicted molar refractivity (Wildman–Crippen MR) is 516 cm³/mol. The number of benzene rings is 11. The molecular formula is C106H127N9O22. The maximum Gasteiger partial charge on any atom is 0.237 e. The van der Waals surface area contributed by atoms with Crippen LogP contribution in [0.3, 0.4) is 0 Å². The summed E-state index contributed by atoms with van der Waals surface area (Å²) < 4.78 is 0. The van der Waals surface area contributed by atoms with Gasteiger partial charge in [0.2, 0.25) is 11.8 Å². The van der Waals surface area contributed by atoms with Crippen LogP contribution in [0.15, 0.2) is 206 Å². The quantitative estimate of drug-likeness (QED) is 0.0194. The van der Waals surface area contributed by atoms with E-state index in [-0.39, 0.29) is 151 Å². The molecule has 137 heavy (non-hydrogen) atoms. The van der Waals surface area contributed by atoms with Crippen molar-refractivity contribution in [2.75, 3.05) is 39.3 Å². The van der Waals surface area contributed by atoms with Crippen molar-refractivity contribution in [1.82, 2.24) is 46.6 Å². The van der Waals surface area contributed by atoms with Crippen LogP contribution in [-0.4, -0.2) is 198 Å². The number of phenolic OH excluding ortho intramolecular Hbond substituents is 20. The normalized spacial score (nSPS) is 19.5. The Morgan fingerprint density at radius 1 is 0.299 bits per heavy atom. The molecule has 2 bridgehead atoms. The first-order chi connectivity index (χ1) is 65.8. The lowest BCUT2D eigenvalue weighted by Crippen LogP contribution is -2.45. The van der Waals surface area contributed by atoms with E-state index < -0.39 is 0 Å². The second-order valence-electron chi connectivity index (χ2n) is 36.7. The van der Waals surface area contributed by atoms with Crippen LogP contribution in [0.5, 0.6) is 115 Å². The van der Waals surface area contributed by atoms with Crippen molar-refractivity contribution in [2.45, 2.75) is 179 Å². The summed E-state index contributed by atoms with van der Waals surface area (Å²) in [7, 11) is 0. The maximum absolute atomic E-state index is 13.2. The van der Waals surface area contributed by atoms with E-state index in [1.807, 2.05) is 53.4 Å². The molecule has 3 aliphatic carbocycles. The SMILES string of the molecule is O=C(NCCc1ccc(O)c(O)c1)C1Cc2ccccc2CC1Cc1ccc(O)c(O)c1.O=C(NCc1ccc(O)c(O)c1)C1CCCN1Cc1ccc(O)c(O)c1.Oc1ccc(CN2CC3CC2CN3Cc2ccc(O)c(O)c2)cc1O.Oc1ccc(CNC2CCC(NCc3ccc(O)c(O)c3)CC2)cc1O.Oc1ccc(CNCC2CCCC(CNCc3ccc(O)c(O)c3)C2)cc1O.